The summed E-state index contributed by atoms with van der Waals surface area (Å²) in [7, 11) is -3.47. The van der Waals surface area contributed by atoms with Crippen LogP contribution in [0.1, 0.15) is 6.92 Å². The lowest BCUT2D eigenvalue weighted by atomic mass is 10.2. The van der Waals surface area contributed by atoms with E-state index in [9.17, 15) is 17.2 Å². The number of fused-ring (bicyclic) bond motifs is 1. The number of ether oxygens (including phenoxy) is 2. The van der Waals surface area contributed by atoms with Gasteiger partial charge in [-0.05, 0) is 24.3 Å². The fourth-order valence-corrected chi connectivity index (χ4v) is 4.11. The molecule has 0 aliphatic rings. The summed E-state index contributed by atoms with van der Waals surface area (Å²) in [6, 6.07) is 9.17. The molecule has 0 amide bonds. The molecule has 0 fully saturated rings. The largest absolute Gasteiger partial charge is 0.456 e. The molecule has 36 heavy (non-hydrogen) atoms. The van der Waals surface area contributed by atoms with Gasteiger partial charge in [0.25, 0.3) is 0 Å². The van der Waals surface area contributed by atoms with Crippen LogP contribution in [0, 0.1) is 11.6 Å². The van der Waals surface area contributed by atoms with Gasteiger partial charge in [-0.2, -0.15) is 0 Å². The molecule has 0 bridgehead atoms. The number of para-hydroxylation sites is 1. The maximum atomic E-state index is 14.3. The smallest absolute Gasteiger partial charge is 0.198 e. The van der Waals surface area contributed by atoms with Crippen LogP contribution in [-0.4, -0.2) is 39.1 Å². The summed E-state index contributed by atoms with van der Waals surface area (Å²) in [6.07, 6.45) is 5.78. The highest BCUT2D eigenvalue weighted by Crippen LogP contribution is 2.37. The molecule has 0 radical (unpaired) electrons. The molecule has 3 aromatic heterocycles. The zero-order valence-corrected chi connectivity index (χ0v) is 19.5. The molecule has 0 saturated carbocycles. The first kappa shape index (κ1) is 23.3. The molecule has 0 atom stereocenters. The average Bonchev–Trinajstić information content (AvgIpc) is 3.32. The van der Waals surface area contributed by atoms with E-state index in [-0.39, 0.29) is 33.5 Å². The van der Waals surface area contributed by atoms with Crippen molar-refractivity contribution in [2.45, 2.75) is 11.9 Å². The molecule has 1 N–H and O–H groups in total. The minimum Gasteiger partial charge on any atom is -0.456 e. The van der Waals surface area contributed by atoms with Crippen LogP contribution >= 0.6 is 0 Å². The van der Waals surface area contributed by atoms with E-state index in [0.29, 0.717) is 17.0 Å². The van der Waals surface area contributed by atoms with Gasteiger partial charge in [-0.25, -0.2) is 32.2 Å². The van der Waals surface area contributed by atoms with E-state index in [0.717, 1.165) is 12.1 Å². The van der Waals surface area contributed by atoms with E-state index in [1.165, 1.54) is 56.0 Å². The van der Waals surface area contributed by atoms with E-state index >= 15 is 0 Å². The first-order valence-electron chi connectivity index (χ1n) is 10.6. The van der Waals surface area contributed by atoms with Crippen molar-refractivity contribution < 1.29 is 26.7 Å². The molecular weight excluding hydrogens is 492 g/mol. The van der Waals surface area contributed by atoms with Gasteiger partial charge in [0.15, 0.2) is 43.8 Å². The van der Waals surface area contributed by atoms with E-state index in [1.807, 2.05) is 0 Å². The van der Waals surface area contributed by atoms with Crippen LogP contribution in [0.15, 0.2) is 72.3 Å². The van der Waals surface area contributed by atoms with Crippen LogP contribution in [0.3, 0.4) is 0 Å². The standard InChI is InChI=1S/C24H17F2N5O4S/c1-2-36(32,33)21-7-6-14(12-29-21)34-15-10-18-22(31-24(30-18)19-13-27-8-9-28-19)20(11-15)35-23-16(25)4-3-5-17(23)26/h3-13H,2H2,1H3,(H,30,31). The number of sulfone groups is 1. The van der Waals surface area contributed by atoms with Gasteiger partial charge >= 0.3 is 0 Å². The molecule has 0 spiro atoms. The highest BCUT2D eigenvalue weighted by atomic mass is 32.2. The number of nitrogens with one attached hydrogen (secondary N) is 1. The van der Waals surface area contributed by atoms with Gasteiger partial charge in [-0.15, -0.1) is 0 Å². The Morgan fingerprint density at radius 3 is 2.42 bits per heavy atom. The number of nitrogens with zero attached hydrogens (tertiary/aromatic N) is 4. The maximum absolute atomic E-state index is 14.3. The third kappa shape index (κ3) is 4.58. The van der Waals surface area contributed by atoms with Crippen molar-refractivity contribution in [3.63, 3.8) is 0 Å². The molecule has 0 saturated heterocycles. The molecular formula is C24H17F2N5O4S. The molecule has 12 heteroatoms. The van der Waals surface area contributed by atoms with Gasteiger partial charge < -0.3 is 14.5 Å². The van der Waals surface area contributed by atoms with Crippen molar-refractivity contribution in [3.05, 3.63) is 78.9 Å². The monoisotopic (exact) mass is 509 g/mol. The maximum Gasteiger partial charge on any atom is 0.198 e. The summed E-state index contributed by atoms with van der Waals surface area (Å²) in [5.41, 5.74) is 1.14. The Balaban J connectivity index is 1.57. The molecule has 2 aromatic carbocycles. The molecule has 3 heterocycles. The summed E-state index contributed by atoms with van der Waals surface area (Å²) in [5, 5.41) is -0.0750. The third-order valence-corrected chi connectivity index (χ3v) is 6.74. The second-order valence-corrected chi connectivity index (χ2v) is 9.71. The number of pyridine rings is 1. The number of rotatable bonds is 7. The summed E-state index contributed by atoms with van der Waals surface area (Å²) >= 11 is 0. The Kier molecular flexibility index (Phi) is 6.02. The topological polar surface area (TPSA) is 120 Å². The number of aromatic nitrogens is 5. The van der Waals surface area contributed by atoms with Gasteiger partial charge in [0, 0.05) is 24.5 Å². The highest BCUT2D eigenvalue weighted by molar-refractivity contribution is 7.91. The number of halogens is 2. The van der Waals surface area contributed by atoms with Gasteiger partial charge in [-0.3, -0.25) is 4.98 Å². The Morgan fingerprint density at radius 1 is 0.944 bits per heavy atom. The molecule has 5 aromatic rings. The lowest BCUT2D eigenvalue weighted by Gasteiger charge is -2.11. The van der Waals surface area contributed by atoms with Gasteiger partial charge in [0.2, 0.25) is 0 Å². The Labute approximate surface area is 203 Å². The number of imidazole rings is 1. The van der Waals surface area contributed by atoms with E-state index in [2.05, 4.69) is 24.9 Å². The van der Waals surface area contributed by atoms with Crippen LogP contribution in [0.4, 0.5) is 8.78 Å². The van der Waals surface area contributed by atoms with E-state index in [4.69, 9.17) is 9.47 Å². The Hall–Kier alpha value is -4.45. The van der Waals surface area contributed by atoms with Gasteiger partial charge in [0.05, 0.1) is 23.7 Å². The molecule has 182 valence electrons. The zero-order chi connectivity index (χ0) is 25.3. The van der Waals surface area contributed by atoms with Gasteiger partial charge in [0.1, 0.15) is 22.7 Å². The molecule has 0 aliphatic carbocycles. The molecule has 0 unspecified atom stereocenters. The fourth-order valence-electron chi connectivity index (χ4n) is 3.32. The Morgan fingerprint density at radius 2 is 1.75 bits per heavy atom. The van der Waals surface area contributed by atoms with Crippen LogP contribution in [0.2, 0.25) is 0 Å². The fraction of sp³-hybridized carbons (Fsp3) is 0.0833. The summed E-state index contributed by atoms with van der Waals surface area (Å²) < 4.78 is 64.1. The highest BCUT2D eigenvalue weighted by Gasteiger charge is 2.19. The van der Waals surface area contributed by atoms with Crippen molar-refractivity contribution in [1.82, 2.24) is 24.9 Å². The minimum atomic E-state index is -3.47. The van der Waals surface area contributed by atoms with Crippen molar-refractivity contribution in [3.8, 4) is 34.5 Å². The Bertz CT molecular complexity index is 1640. The van der Waals surface area contributed by atoms with Gasteiger partial charge in [-0.1, -0.05) is 13.0 Å². The molecule has 0 aliphatic heterocycles. The normalized spacial score (nSPS) is 11.5. The zero-order valence-electron chi connectivity index (χ0n) is 18.6. The van der Waals surface area contributed by atoms with Crippen molar-refractivity contribution in [2.24, 2.45) is 0 Å². The van der Waals surface area contributed by atoms with E-state index < -0.39 is 27.2 Å². The molecule has 9 nitrogen and oxygen atoms in total. The quantitative estimate of drug-likeness (QED) is 0.323. The number of aromatic amines is 1. The van der Waals surface area contributed by atoms with Crippen molar-refractivity contribution >= 4 is 20.9 Å². The van der Waals surface area contributed by atoms with Crippen molar-refractivity contribution in [1.29, 1.82) is 0 Å². The summed E-state index contributed by atoms with van der Waals surface area (Å²) in [5.74, 6) is -1.65. The van der Waals surface area contributed by atoms with Crippen LogP contribution in [-0.2, 0) is 9.84 Å². The summed E-state index contributed by atoms with van der Waals surface area (Å²) in [4.78, 5) is 19.7. The SMILES string of the molecule is CCS(=O)(=O)c1ccc(Oc2cc(Oc3c(F)cccc3F)c3nc(-c4cnccn4)[nH]c3c2)cn1. The average molecular weight is 509 g/mol. The van der Waals surface area contributed by atoms with Crippen LogP contribution in [0.25, 0.3) is 22.6 Å². The summed E-state index contributed by atoms with van der Waals surface area (Å²) in [6.45, 7) is 1.52. The number of H-pyrrole nitrogens is 1. The first-order chi connectivity index (χ1) is 17.3. The van der Waals surface area contributed by atoms with Crippen LogP contribution in [0.5, 0.6) is 23.0 Å². The predicted octanol–water partition coefficient (Wildman–Crippen LogP) is 5.07. The van der Waals surface area contributed by atoms with Crippen molar-refractivity contribution in [2.75, 3.05) is 5.75 Å². The van der Waals surface area contributed by atoms with Crippen LogP contribution < -0.4 is 9.47 Å². The number of benzene rings is 2. The lowest BCUT2D eigenvalue weighted by molar-refractivity contribution is 0.406. The third-order valence-electron chi connectivity index (χ3n) is 5.11. The molecule has 5 rings (SSSR count). The predicted molar refractivity (Wildman–Crippen MR) is 126 cm³/mol. The lowest BCUT2D eigenvalue weighted by Crippen LogP contribution is -2.05. The minimum absolute atomic E-state index is 0.0102. The first-order valence-corrected chi connectivity index (χ1v) is 12.3. The number of hydrogen-bond acceptors (Lipinski definition) is 8. The number of hydrogen-bond donors (Lipinski definition) is 1. The second kappa shape index (κ2) is 9.30. The van der Waals surface area contributed by atoms with E-state index in [1.54, 1.807) is 6.07 Å². The second-order valence-electron chi connectivity index (χ2n) is 7.48.